The number of hydrogen-bond donors (Lipinski definition) is 1. The molecule has 0 aliphatic heterocycles. The van der Waals surface area contributed by atoms with Gasteiger partial charge < -0.3 is 9.88 Å². The Morgan fingerprint density at radius 1 is 1.50 bits per heavy atom. The van der Waals surface area contributed by atoms with Gasteiger partial charge in [-0.05, 0) is 40.3 Å². The number of halogens is 1. The second-order valence-electron chi connectivity index (χ2n) is 5.91. The average molecular weight is 313 g/mol. The highest BCUT2D eigenvalue weighted by Gasteiger charge is 2.33. The van der Waals surface area contributed by atoms with Crippen LogP contribution in [-0.4, -0.2) is 16.5 Å². The third-order valence-electron chi connectivity index (χ3n) is 4.02. The summed E-state index contributed by atoms with van der Waals surface area (Å²) in [5, 5.41) is 3.20. The van der Waals surface area contributed by atoms with Crippen LogP contribution < -0.4 is 5.32 Å². The summed E-state index contributed by atoms with van der Waals surface area (Å²) < 4.78 is 2.80. The first-order valence-electron chi connectivity index (χ1n) is 6.53. The van der Waals surface area contributed by atoms with Gasteiger partial charge in [0.05, 0.1) is 0 Å². The smallest absolute Gasteiger partial charge is 0.268 e. The van der Waals surface area contributed by atoms with Gasteiger partial charge in [0.25, 0.3) is 5.91 Å². The summed E-state index contributed by atoms with van der Waals surface area (Å²) in [4.78, 5) is 12.3. The van der Waals surface area contributed by atoms with Crippen LogP contribution in [0.25, 0.3) is 0 Å². The SMILES string of the molecule is Cn1cc(Br)cc1C(=O)NC1CCCCC1(C)C. The topological polar surface area (TPSA) is 34.0 Å². The first-order valence-corrected chi connectivity index (χ1v) is 7.32. The van der Waals surface area contributed by atoms with Gasteiger partial charge in [-0.15, -0.1) is 0 Å². The van der Waals surface area contributed by atoms with Crippen molar-refractivity contribution >= 4 is 21.8 Å². The van der Waals surface area contributed by atoms with Crippen molar-refractivity contribution in [2.75, 3.05) is 0 Å². The number of amides is 1. The summed E-state index contributed by atoms with van der Waals surface area (Å²) in [5.41, 5.74) is 0.916. The molecule has 0 spiro atoms. The summed E-state index contributed by atoms with van der Waals surface area (Å²) in [6.07, 6.45) is 6.67. The van der Waals surface area contributed by atoms with Crippen molar-refractivity contribution in [1.82, 2.24) is 9.88 Å². The lowest BCUT2D eigenvalue weighted by Gasteiger charge is -2.39. The predicted octanol–water partition coefficient (Wildman–Crippen LogP) is 3.49. The van der Waals surface area contributed by atoms with E-state index in [1.165, 1.54) is 19.3 Å². The summed E-state index contributed by atoms with van der Waals surface area (Å²) >= 11 is 3.40. The van der Waals surface area contributed by atoms with E-state index in [-0.39, 0.29) is 17.4 Å². The van der Waals surface area contributed by atoms with Crippen LogP contribution >= 0.6 is 15.9 Å². The summed E-state index contributed by atoms with van der Waals surface area (Å²) in [6, 6.07) is 2.15. The van der Waals surface area contributed by atoms with E-state index in [1.807, 2.05) is 23.9 Å². The van der Waals surface area contributed by atoms with E-state index < -0.39 is 0 Å². The van der Waals surface area contributed by atoms with Crippen LogP contribution in [0.4, 0.5) is 0 Å². The molecule has 1 aliphatic rings. The Bertz CT molecular complexity index is 451. The van der Waals surface area contributed by atoms with Gasteiger partial charge in [0.2, 0.25) is 0 Å². The molecular formula is C14H21BrN2O. The van der Waals surface area contributed by atoms with E-state index in [4.69, 9.17) is 0 Å². The fourth-order valence-corrected chi connectivity index (χ4v) is 3.27. The molecule has 1 aliphatic carbocycles. The van der Waals surface area contributed by atoms with Crippen LogP contribution in [0, 0.1) is 5.41 Å². The largest absolute Gasteiger partial charge is 0.347 e. The lowest BCUT2D eigenvalue weighted by molar-refractivity contribution is 0.0845. The molecule has 100 valence electrons. The summed E-state index contributed by atoms with van der Waals surface area (Å²) in [5.74, 6) is 0.0307. The molecule has 1 amide bonds. The highest BCUT2D eigenvalue weighted by Crippen LogP contribution is 2.35. The number of nitrogens with zero attached hydrogens (tertiary/aromatic N) is 1. The van der Waals surface area contributed by atoms with Crippen molar-refractivity contribution < 1.29 is 4.79 Å². The van der Waals surface area contributed by atoms with Crippen molar-refractivity contribution in [3.8, 4) is 0 Å². The zero-order valence-electron chi connectivity index (χ0n) is 11.3. The second-order valence-corrected chi connectivity index (χ2v) is 6.83. The van der Waals surface area contributed by atoms with E-state index in [2.05, 4.69) is 35.1 Å². The molecule has 1 atom stereocenters. The van der Waals surface area contributed by atoms with E-state index in [9.17, 15) is 4.79 Å². The van der Waals surface area contributed by atoms with Gasteiger partial charge >= 0.3 is 0 Å². The molecule has 0 saturated heterocycles. The maximum absolute atomic E-state index is 12.3. The minimum atomic E-state index is 0.0307. The minimum absolute atomic E-state index is 0.0307. The summed E-state index contributed by atoms with van der Waals surface area (Å²) in [7, 11) is 1.89. The van der Waals surface area contributed by atoms with Crippen LogP contribution in [-0.2, 0) is 7.05 Å². The molecule has 1 aromatic rings. The number of carbonyl (C=O) groups excluding carboxylic acids is 1. The molecule has 0 bridgehead atoms. The maximum atomic E-state index is 12.3. The van der Waals surface area contributed by atoms with E-state index in [1.54, 1.807) is 0 Å². The zero-order valence-corrected chi connectivity index (χ0v) is 12.9. The molecule has 1 unspecified atom stereocenters. The highest BCUT2D eigenvalue weighted by molar-refractivity contribution is 9.10. The van der Waals surface area contributed by atoms with Gasteiger partial charge in [-0.25, -0.2) is 0 Å². The van der Waals surface area contributed by atoms with Crippen molar-refractivity contribution in [3.05, 3.63) is 22.4 Å². The maximum Gasteiger partial charge on any atom is 0.268 e. The number of aryl methyl sites for hydroxylation is 1. The Hall–Kier alpha value is -0.770. The minimum Gasteiger partial charge on any atom is -0.347 e. The number of nitrogens with one attached hydrogen (secondary N) is 1. The van der Waals surface area contributed by atoms with Crippen molar-refractivity contribution in [1.29, 1.82) is 0 Å². The van der Waals surface area contributed by atoms with Crippen LogP contribution in [0.3, 0.4) is 0 Å². The molecule has 1 heterocycles. The van der Waals surface area contributed by atoms with Gasteiger partial charge in [-0.3, -0.25) is 4.79 Å². The quantitative estimate of drug-likeness (QED) is 0.891. The molecule has 0 aromatic carbocycles. The van der Waals surface area contributed by atoms with E-state index >= 15 is 0 Å². The normalized spacial score (nSPS) is 22.8. The average Bonchev–Trinajstić information content (AvgIpc) is 2.61. The van der Waals surface area contributed by atoms with Crippen LogP contribution in [0.1, 0.15) is 50.0 Å². The number of hydrogen-bond acceptors (Lipinski definition) is 1. The Morgan fingerprint density at radius 3 is 2.78 bits per heavy atom. The Balaban J connectivity index is 2.09. The zero-order chi connectivity index (χ0) is 13.3. The molecule has 1 saturated carbocycles. The Morgan fingerprint density at radius 2 is 2.22 bits per heavy atom. The molecule has 0 radical (unpaired) electrons. The van der Waals surface area contributed by atoms with E-state index in [0.717, 1.165) is 10.9 Å². The second kappa shape index (κ2) is 5.08. The molecular weight excluding hydrogens is 292 g/mol. The lowest BCUT2D eigenvalue weighted by Crippen LogP contribution is -2.47. The molecule has 4 heteroatoms. The van der Waals surface area contributed by atoms with Crippen LogP contribution in [0.15, 0.2) is 16.7 Å². The number of carbonyl (C=O) groups is 1. The molecule has 2 rings (SSSR count). The highest BCUT2D eigenvalue weighted by atomic mass is 79.9. The molecule has 18 heavy (non-hydrogen) atoms. The fraction of sp³-hybridized carbons (Fsp3) is 0.643. The van der Waals surface area contributed by atoms with Crippen molar-refractivity contribution in [2.45, 2.75) is 45.6 Å². The standard InChI is InChI=1S/C14H21BrN2O/c1-14(2)7-5-4-6-12(14)16-13(18)11-8-10(15)9-17(11)3/h8-9,12H,4-7H2,1-3H3,(H,16,18). The number of aromatic nitrogens is 1. The number of rotatable bonds is 2. The summed E-state index contributed by atoms with van der Waals surface area (Å²) in [6.45, 7) is 4.50. The Kier molecular flexibility index (Phi) is 3.85. The van der Waals surface area contributed by atoms with E-state index in [0.29, 0.717) is 5.69 Å². The van der Waals surface area contributed by atoms with Gasteiger partial charge in [0.1, 0.15) is 5.69 Å². The molecule has 3 nitrogen and oxygen atoms in total. The fourth-order valence-electron chi connectivity index (χ4n) is 2.74. The van der Waals surface area contributed by atoms with Gasteiger partial charge in [-0.1, -0.05) is 26.7 Å². The molecule has 1 aromatic heterocycles. The first kappa shape index (κ1) is 13.7. The monoisotopic (exact) mass is 312 g/mol. The molecule has 1 N–H and O–H groups in total. The third kappa shape index (κ3) is 2.79. The Labute approximate surface area is 117 Å². The van der Waals surface area contributed by atoms with Gasteiger partial charge in [-0.2, -0.15) is 0 Å². The van der Waals surface area contributed by atoms with Crippen LogP contribution in [0.2, 0.25) is 0 Å². The third-order valence-corrected chi connectivity index (χ3v) is 4.45. The predicted molar refractivity (Wildman–Crippen MR) is 76.6 cm³/mol. The van der Waals surface area contributed by atoms with Crippen LogP contribution in [0.5, 0.6) is 0 Å². The molecule has 1 fully saturated rings. The van der Waals surface area contributed by atoms with Gasteiger partial charge in [0, 0.05) is 23.8 Å². The van der Waals surface area contributed by atoms with Crippen molar-refractivity contribution in [2.24, 2.45) is 12.5 Å². The van der Waals surface area contributed by atoms with Crippen molar-refractivity contribution in [3.63, 3.8) is 0 Å². The lowest BCUT2D eigenvalue weighted by atomic mass is 9.73. The first-order chi connectivity index (χ1) is 8.40. The van der Waals surface area contributed by atoms with Gasteiger partial charge in [0.15, 0.2) is 0 Å².